The molecule has 5 nitrogen and oxygen atoms in total. The number of hydrogen-bond donors (Lipinski definition) is 0. The molecule has 2 aliphatic carbocycles. The van der Waals surface area contributed by atoms with Gasteiger partial charge in [0.2, 0.25) is 0 Å². The molecule has 0 radical (unpaired) electrons. The van der Waals surface area contributed by atoms with Crippen LogP contribution in [0.4, 0.5) is 0 Å². The van der Waals surface area contributed by atoms with Crippen molar-refractivity contribution in [3.05, 3.63) is 35.3 Å². The Labute approximate surface area is 148 Å². The Hall–Kier alpha value is -2.04. The third-order valence-electron chi connectivity index (χ3n) is 6.06. The molecule has 1 aromatic rings. The second kappa shape index (κ2) is 6.36. The minimum Gasteiger partial charge on any atom is -0.469 e. The summed E-state index contributed by atoms with van der Waals surface area (Å²) >= 11 is 0. The third-order valence-corrected chi connectivity index (χ3v) is 6.06. The molecular formula is C20H26O5. The number of esters is 2. The number of aryl methyl sites for hydroxylation is 1. The van der Waals surface area contributed by atoms with Gasteiger partial charge < -0.3 is 13.9 Å². The predicted octanol–water partition coefficient (Wildman–Crippen LogP) is 3.38. The van der Waals surface area contributed by atoms with E-state index in [4.69, 9.17) is 13.9 Å². The van der Waals surface area contributed by atoms with Crippen molar-refractivity contribution >= 4 is 11.9 Å². The van der Waals surface area contributed by atoms with Crippen molar-refractivity contribution in [3.63, 3.8) is 0 Å². The topological polar surface area (TPSA) is 65.7 Å². The summed E-state index contributed by atoms with van der Waals surface area (Å²) in [5.74, 6) is 0.0886. The number of rotatable bonds is 3. The molecule has 1 aromatic heterocycles. The fraction of sp³-hybridized carbons (Fsp3) is 0.600. The lowest BCUT2D eigenvalue weighted by atomic mass is 9.54. The first-order chi connectivity index (χ1) is 11.8. The number of carbonyl (C=O) groups excluding carboxylic acids is 2. The van der Waals surface area contributed by atoms with Crippen molar-refractivity contribution in [1.82, 2.24) is 0 Å². The van der Waals surface area contributed by atoms with Gasteiger partial charge in [-0.05, 0) is 55.6 Å². The maximum atomic E-state index is 12.7. The van der Waals surface area contributed by atoms with Crippen LogP contribution < -0.4 is 0 Å². The van der Waals surface area contributed by atoms with Gasteiger partial charge >= 0.3 is 11.9 Å². The zero-order valence-corrected chi connectivity index (χ0v) is 15.4. The Morgan fingerprint density at radius 3 is 2.72 bits per heavy atom. The van der Waals surface area contributed by atoms with Gasteiger partial charge in [-0.3, -0.25) is 4.79 Å². The van der Waals surface area contributed by atoms with Crippen LogP contribution in [0.2, 0.25) is 0 Å². The van der Waals surface area contributed by atoms with E-state index in [1.165, 1.54) is 12.7 Å². The van der Waals surface area contributed by atoms with Gasteiger partial charge in [-0.15, -0.1) is 0 Å². The van der Waals surface area contributed by atoms with E-state index in [0.717, 1.165) is 30.6 Å². The van der Waals surface area contributed by atoms with Crippen molar-refractivity contribution < 1.29 is 23.5 Å². The number of furan rings is 1. The second-order valence-electron chi connectivity index (χ2n) is 7.71. The van der Waals surface area contributed by atoms with Crippen LogP contribution in [0, 0.1) is 24.2 Å². The summed E-state index contributed by atoms with van der Waals surface area (Å²) in [5.41, 5.74) is 2.30. The van der Waals surface area contributed by atoms with E-state index in [2.05, 4.69) is 13.5 Å². The summed E-state index contributed by atoms with van der Waals surface area (Å²) < 4.78 is 16.5. The Morgan fingerprint density at radius 2 is 2.08 bits per heavy atom. The molecule has 0 spiro atoms. The highest BCUT2D eigenvalue weighted by Gasteiger charge is 2.56. The zero-order valence-electron chi connectivity index (χ0n) is 15.4. The SMILES string of the molecule is C=C(C)C(=O)O[C@H]1CC[C@@H]2Cc3occ(C)c3C[C@]2(C)[C@H]1C(=O)OC. The summed E-state index contributed by atoms with van der Waals surface area (Å²) in [6.07, 6.45) is 4.39. The van der Waals surface area contributed by atoms with Crippen molar-refractivity contribution in [1.29, 1.82) is 0 Å². The number of ether oxygens (including phenoxy) is 2. The molecule has 0 aliphatic heterocycles. The molecule has 1 fully saturated rings. The monoisotopic (exact) mass is 346 g/mol. The molecule has 1 saturated carbocycles. The van der Waals surface area contributed by atoms with Gasteiger partial charge in [0.05, 0.1) is 19.3 Å². The fourth-order valence-electron chi connectivity index (χ4n) is 4.58. The number of hydrogen-bond acceptors (Lipinski definition) is 5. The summed E-state index contributed by atoms with van der Waals surface area (Å²) in [4.78, 5) is 24.7. The Morgan fingerprint density at radius 1 is 1.36 bits per heavy atom. The highest BCUT2D eigenvalue weighted by atomic mass is 16.6. The summed E-state index contributed by atoms with van der Waals surface area (Å²) in [6, 6.07) is 0. The van der Waals surface area contributed by atoms with Crippen LogP contribution in [-0.4, -0.2) is 25.2 Å². The van der Waals surface area contributed by atoms with Gasteiger partial charge in [0.1, 0.15) is 11.9 Å². The van der Waals surface area contributed by atoms with Crippen molar-refractivity contribution in [2.75, 3.05) is 7.11 Å². The molecule has 0 aromatic carbocycles. The van der Waals surface area contributed by atoms with Gasteiger partial charge in [0.15, 0.2) is 0 Å². The fourth-order valence-corrected chi connectivity index (χ4v) is 4.58. The van der Waals surface area contributed by atoms with Gasteiger partial charge in [-0.25, -0.2) is 4.79 Å². The first kappa shape index (κ1) is 17.8. The highest BCUT2D eigenvalue weighted by Crippen LogP contribution is 2.53. The van der Waals surface area contributed by atoms with Gasteiger partial charge in [-0.2, -0.15) is 0 Å². The molecule has 5 heteroatoms. The first-order valence-electron chi connectivity index (χ1n) is 8.78. The lowest BCUT2D eigenvalue weighted by Crippen LogP contribution is -2.54. The maximum Gasteiger partial charge on any atom is 0.333 e. The van der Waals surface area contributed by atoms with E-state index in [0.29, 0.717) is 17.9 Å². The summed E-state index contributed by atoms with van der Waals surface area (Å²) in [5, 5.41) is 0. The van der Waals surface area contributed by atoms with E-state index in [9.17, 15) is 9.59 Å². The van der Waals surface area contributed by atoms with Crippen LogP contribution in [0.5, 0.6) is 0 Å². The minimum absolute atomic E-state index is 0.300. The average molecular weight is 346 g/mol. The normalized spacial score (nSPS) is 30.8. The average Bonchev–Trinajstić information content (AvgIpc) is 2.91. The Bertz CT molecular complexity index is 716. The van der Waals surface area contributed by atoms with Gasteiger partial charge in [0.25, 0.3) is 0 Å². The molecule has 0 saturated heterocycles. The molecule has 0 unspecified atom stereocenters. The lowest BCUT2D eigenvalue weighted by molar-refractivity contribution is -0.175. The van der Waals surface area contributed by atoms with Crippen LogP contribution in [0.25, 0.3) is 0 Å². The first-order valence-corrected chi connectivity index (χ1v) is 8.78. The van der Waals surface area contributed by atoms with Gasteiger partial charge in [0, 0.05) is 12.0 Å². The smallest absolute Gasteiger partial charge is 0.333 e. The molecule has 1 heterocycles. The van der Waals surface area contributed by atoms with Gasteiger partial charge in [-0.1, -0.05) is 13.5 Å². The lowest BCUT2D eigenvalue weighted by Gasteiger charge is -2.51. The molecular weight excluding hydrogens is 320 g/mol. The van der Waals surface area contributed by atoms with E-state index >= 15 is 0 Å². The summed E-state index contributed by atoms with van der Waals surface area (Å²) in [7, 11) is 1.39. The molecule has 3 rings (SSSR count). The standard InChI is InChI=1S/C20H26O5/c1-11(2)18(21)25-15-7-6-13-8-16-14(12(3)10-24-16)9-20(13,4)17(15)19(22)23-5/h10,13,15,17H,1,6-9H2,2-5H3/t13-,15+,17-,20+/m1/s1. The maximum absolute atomic E-state index is 12.7. The van der Waals surface area contributed by atoms with E-state index in [1.54, 1.807) is 13.2 Å². The van der Waals surface area contributed by atoms with Crippen molar-refractivity contribution in [2.45, 2.75) is 52.6 Å². The Kier molecular flexibility index (Phi) is 4.52. The van der Waals surface area contributed by atoms with E-state index < -0.39 is 18.0 Å². The quantitative estimate of drug-likeness (QED) is 0.620. The second-order valence-corrected chi connectivity index (χ2v) is 7.71. The Balaban J connectivity index is 1.97. The highest BCUT2D eigenvalue weighted by molar-refractivity contribution is 5.87. The van der Waals surface area contributed by atoms with Crippen LogP contribution in [0.3, 0.4) is 0 Å². The summed E-state index contributed by atoms with van der Waals surface area (Å²) in [6.45, 7) is 9.41. The van der Waals surface area contributed by atoms with Crippen LogP contribution in [0.15, 0.2) is 22.8 Å². The van der Waals surface area contributed by atoms with Crippen molar-refractivity contribution in [3.8, 4) is 0 Å². The molecule has 0 N–H and O–H groups in total. The van der Waals surface area contributed by atoms with E-state index in [-0.39, 0.29) is 11.4 Å². The molecule has 136 valence electrons. The number of fused-ring (bicyclic) bond motifs is 2. The molecule has 2 aliphatic rings. The van der Waals surface area contributed by atoms with Crippen LogP contribution in [-0.2, 0) is 31.9 Å². The molecule has 25 heavy (non-hydrogen) atoms. The minimum atomic E-state index is -0.484. The molecule has 0 amide bonds. The van der Waals surface area contributed by atoms with Crippen LogP contribution in [0.1, 0.15) is 43.6 Å². The third kappa shape index (κ3) is 2.90. The zero-order chi connectivity index (χ0) is 18.4. The van der Waals surface area contributed by atoms with Crippen LogP contribution >= 0.6 is 0 Å². The van der Waals surface area contributed by atoms with Crippen molar-refractivity contribution in [2.24, 2.45) is 17.3 Å². The number of methoxy groups -OCH3 is 1. The molecule has 0 bridgehead atoms. The number of carbonyl (C=O) groups is 2. The van der Waals surface area contributed by atoms with E-state index in [1.807, 2.05) is 6.92 Å². The molecule has 4 atom stereocenters. The largest absolute Gasteiger partial charge is 0.469 e. The predicted molar refractivity (Wildman–Crippen MR) is 91.9 cm³/mol.